The second-order valence-electron chi connectivity index (χ2n) is 20.3. The van der Waals surface area contributed by atoms with Crippen molar-refractivity contribution in [3.63, 3.8) is 0 Å². The van der Waals surface area contributed by atoms with Crippen molar-refractivity contribution in [1.82, 2.24) is 0 Å². The zero-order valence-corrected chi connectivity index (χ0v) is 45.6. The zero-order valence-electron chi connectivity index (χ0n) is 45.6. The predicted molar refractivity (Wildman–Crippen MR) is 293 cm³/mol. The molecule has 0 heterocycles. The average Bonchev–Trinajstić information content (AvgIpc) is 3.34. The highest BCUT2D eigenvalue weighted by Crippen LogP contribution is 2.17. The van der Waals surface area contributed by atoms with Crippen LogP contribution in [0, 0.1) is 0 Å². The van der Waals surface area contributed by atoms with E-state index in [9.17, 15) is 14.4 Å². The molecule has 0 rings (SSSR count). The van der Waals surface area contributed by atoms with Crippen molar-refractivity contribution in [2.75, 3.05) is 13.2 Å². The minimum absolute atomic E-state index is 0.0669. The topological polar surface area (TPSA) is 78.9 Å². The molecule has 0 spiro atoms. The molecule has 0 amide bonds. The molecule has 0 aliphatic heterocycles. The van der Waals surface area contributed by atoms with E-state index < -0.39 is 6.10 Å². The van der Waals surface area contributed by atoms with Crippen LogP contribution in [0.25, 0.3) is 0 Å². The molecule has 0 saturated carbocycles. The highest BCUT2D eigenvalue weighted by atomic mass is 16.6. The van der Waals surface area contributed by atoms with Crippen molar-refractivity contribution >= 4 is 17.9 Å². The standard InChI is InChI=1S/C62H114O6/c1-4-7-10-13-16-18-20-22-23-24-25-26-27-28-29-30-31-32-33-34-35-36-37-38-39-40-42-43-46-49-52-55-61(64)67-58-59(57-66-60(63)54-51-48-45-15-12-9-6-3)68-62(65)56-53-50-47-44-41-21-19-17-14-11-8-5-2/h20,22,24-25,27-28,59H,4-19,21,23,26,29-58H2,1-3H3/b22-20-,25-24-,28-27-. The van der Waals surface area contributed by atoms with Crippen molar-refractivity contribution < 1.29 is 28.6 Å². The van der Waals surface area contributed by atoms with E-state index in [4.69, 9.17) is 14.2 Å². The summed E-state index contributed by atoms with van der Waals surface area (Å²) in [6, 6.07) is 0. The molecule has 0 aromatic carbocycles. The maximum absolute atomic E-state index is 12.8. The first-order valence-corrected chi connectivity index (χ1v) is 30.0. The molecule has 0 radical (unpaired) electrons. The normalized spacial score (nSPS) is 12.2. The van der Waals surface area contributed by atoms with Gasteiger partial charge in [0.2, 0.25) is 0 Å². The van der Waals surface area contributed by atoms with E-state index in [1.54, 1.807) is 0 Å². The molecule has 0 fully saturated rings. The fourth-order valence-corrected chi connectivity index (χ4v) is 8.86. The van der Waals surface area contributed by atoms with Gasteiger partial charge in [0.25, 0.3) is 0 Å². The fraction of sp³-hybridized carbons (Fsp3) is 0.855. The van der Waals surface area contributed by atoms with E-state index in [0.29, 0.717) is 19.3 Å². The van der Waals surface area contributed by atoms with Crippen LogP contribution in [0.5, 0.6) is 0 Å². The van der Waals surface area contributed by atoms with Crippen LogP contribution >= 0.6 is 0 Å². The van der Waals surface area contributed by atoms with Crippen molar-refractivity contribution in [3.8, 4) is 0 Å². The summed E-state index contributed by atoms with van der Waals surface area (Å²) in [5.41, 5.74) is 0. The predicted octanol–water partition coefficient (Wildman–Crippen LogP) is 20.0. The fourth-order valence-electron chi connectivity index (χ4n) is 8.86. The Kier molecular flexibility index (Phi) is 55.2. The van der Waals surface area contributed by atoms with E-state index in [1.165, 1.54) is 212 Å². The monoisotopic (exact) mass is 955 g/mol. The highest BCUT2D eigenvalue weighted by Gasteiger charge is 2.19. The molecule has 0 aromatic rings. The van der Waals surface area contributed by atoms with Crippen LogP contribution < -0.4 is 0 Å². The molecule has 0 aliphatic rings. The minimum atomic E-state index is -0.764. The Balaban J connectivity index is 3.97. The molecular formula is C62H114O6. The summed E-state index contributed by atoms with van der Waals surface area (Å²) in [5, 5.41) is 0. The largest absolute Gasteiger partial charge is 0.462 e. The van der Waals surface area contributed by atoms with Crippen molar-refractivity contribution in [2.24, 2.45) is 0 Å². The quantitative estimate of drug-likeness (QED) is 0.0262. The minimum Gasteiger partial charge on any atom is -0.462 e. The van der Waals surface area contributed by atoms with Gasteiger partial charge in [-0.1, -0.05) is 282 Å². The van der Waals surface area contributed by atoms with Gasteiger partial charge in [-0.2, -0.15) is 0 Å². The number of esters is 3. The number of hydrogen-bond donors (Lipinski definition) is 0. The number of carbonyl (C=O) groups excluding carboxylic acids is 3. The van der Waals surface area contributed by atoms with Crippen LogP contribution in [0.15, 0.2) is 36.5 Å². The van der Waals surface area contributed by atoms with Crippen LogP contribution in [0.1, 0.15) is 323 Å². The maximum Gasteiger partial charge on any atom is 0.306 e. The van der Waals surface area contributed by atoms with E-state index in [1.807, 2.05) is 0 Å². The summed E-state index contributed by atoms with van der Waals surface area (Å²) < 4.78 is 16.8. The Hall–Kier alpha value is -2.37. The molecule has 0 saturated heterocycles. The van der Waals surface area contributed by atoms with Crippen LogP contribution in [0.2, 0.25) is 0 Å². The Morgan fingerprint density at radius 2 is 0.529 bits per heavy atom. The third-order valence-electron chi connectivity index (χ3n) is 13.4. The lowest BCUT2D eigenvalue weighted by Crippen LogP contribution is -2.30. The molecular weight excluding hydrogens is 841 g/mol. The Morgan fingerprint density at radius 1 is 0.294 bits per heavy atom. The molecule has 6 nitrogen and oxygen atoms in total. The van der Waals surface area contributed by atoms with Gasteiger partial charge in [0.15, 0.2) is 6.10 Å². The first kappa shape index (κ1) is 65.6. The number of allylic oxidation sites excluding steroid dienone is 6. The Morgan fingerprint density at radius 3 is 0.824 bits per heavy atom. The van der Waals surface area contributed by atoms with Gasteiger partial charge in [0.1, 0.15) is 13.2 Å². The number of ether oxygens (including phenoxy) is 3. The zero-order chi connectivity index (χ0) is 49.3. The second kappa shape index (κ2) is 57.2. The summed E-state index contributed by atoms with van der Waals surface area (Å²) in [5.74, 6) is -0.858. The van der Waals surface area contributed by atoms with Crippen molar-refractivity contribution in [2.45, 2.75) is 329 Å². The van der Waals surface area contributed by atoms with Crippen LogP contribution in [0.4, 0.5) is 0 Å². The third kappa shape index (κ3) is 54.6. The summed E-state index contributed by atoms with van der Waals surface area (Å²) in [4.78, 5) is 37.9. The third-order valence-corrected chi connectivity index (χ3v) is 13.4. The SMILES string of the molecule is CCCCCCC/C=C\C/C=C\C/C=C\CCCCCCCCCCCCCCCCCCC(=O)OCC(COC(=O)CCCCCCCCC)OC(=O)CCCCCCCCCCCCCC. The first-order chi connectivity index (χ1) is 33.5. The number of hydrogen-bond acceptors (Lipinski definition) is 6. The van der Waals surface area contributed by atoms with Gasteiger partial charge in [-0.3, -0.25) is 14.4 Å². The maximum atomic E-state index is 12.8. The molecule has 0 aliphatic carbocycles. The lowest BCUT2D eigenvalue weighted by molar-refractivity contribution is -0.167. The summed E-state index contributed by atoms with van der Waals surface area (Å²) in [6.07, 6.45) is 68.9. The van der Waals surface area contributed by atoms with Crippen LogP contribution in [-0.4, -0.2) is 37.2 Å². The first-order valence-electron chi connectivity index (χ1n) is 30.0. The second-order valence-corrected chi connectivity index (χ2v) is 20.3. The van der Waals surface area contributed by atoms with E-state index in [2.05, 4.69) is 57.2 Å². The Bertz CT molecular complexity index is 1140. The molecule has 0 bridgehead atoms. The van der Waals surface area contributed by atoms with Gasteiger partial charge in [-0.05, 0) is 57.8 Å². The van der Waals surface area contributed by atoms with E-state index in [-0.39, 0.29) is 31.1 Å². The lowest BCUT2D eigenvalue weighted by Gasteiger charge is -2.18. The molecule has 1 unspecified atom stereocenters. The summed E-state index contributed by atoms with van der Waals surface area (Å²) in [6.45, 7) is 6.61. The van der Waals surface area contributed by atoms with E-state index >= 15 is 0 Å². The number of rotatable bonds is 55. The van der Waals surface area contributed by atoms with Gasteiger partial charge in [-0.25, -0.2) is 0 Å². The van der Waals surface area contributed by atoms with Gasteiger partial charge >= 0.3 is 17.9 Å². The van der Waals surface area contributed by atoms with Crippen LogP contribution in [-0.2, 0) is 28.6 Å². The molecule has 0 aromatic heterocycles. The van der Waals surface area contributed by atoms with E-state index in [0.717, 1.165) is 70.6 Å². The highest BCUT2D eigenvalue weighted by molar-refractivity contribution is 5.71. The van der Waals surface area contributed by atoms with Crippen molar-refractivity contribution in [1.29, 1.82) is 0 Å². The lowest BCUT2D eigenvalue weighted by atomic mass is 10.0. The number of unbranched alkanes of at least 4 members (excludes halogenated alkanes) is 38. The molecule has 68 heavy (non-hydrogen) atoms. The van der Waals surface area contributed by atoms with Gasteiger partial charge < -0.3 is 14.2 Å². The average molecular weight is 956 g/mol. The summed E-state index contributed by atoms with van der Waals surface area (Å²) in [7, 11) is 0. The van der Waals surface area contributed by atoms with Crippen LogP contribution in [0.3, 0.4) is 0 Å². The molecule has 1 atom stereocenters. The van der Waals surface area contributed by atoms with Gasteiger partial charge in [0, 0.05) is 19.3 Å². The molecule has 0 N–H and O–H groups in total. The Labute approximate surface area is 423 Å². The number of carbonyl (C=O) groups is 3. The molecule has 6 heteroatoms. The smallest absolute Gasteiger partial charge is 0.306 e. The van der Waals surface area contributed by atoms with Gasteiger partial charge in [-0.15, -0.1) is 0 Å². The molecule has 398 valence electrons. The summed E-state index contributed by atoms with van der Waals surface area (Å²) >= 11 is 0. The van der Waals surface area contributed by atoms with Crippen molar-refractivity contribution in [3.05, 3.63) is 36.5 Å². The van der Waals surface area contributed by atoms with Gasteiger partial charge in [0.05, 0.1) is 0 Å².